The highest BCUT2D eigenvalue weighted by atomic mass is 16.4. The van der Waals surface area contributed by atoms with Crippen molar-refractivity contribution in [1.82, 2.24) is 4.57 Å². The molecule has 1 fully saturated rings. The SMILES string of the molecule is Cc1ccc(C2CC2)n1CC(=O)[O-]. The number of aromatic nitrogens is 1. The van der Waals surface area contributed by atoms with E-state index < -0.39 is 5.97 Å². The number of carboxylic acids is 1. The Morgan fingerprint density at radius 1 is 1.62 bits per heavy atom. The summed E-state index contributed by atoms with van der Waals surface area (Å²) in [7, 11) is 0. The summed E-state index contributed by atoms with van der Waals surface area (Å²) in [5, 5.41) is 10.5. The predicted molar refractivity (Wildman–Crippen MR) is 46.2 cm³/mol. The highest BCUT2D eigenvalue weighted by molar-refractivity contribution is 5.64. The molecule has 1 aliphatic rings. The molecule has 1 heterocycles. The topological polar surface area (TPSA) is 45.1 Å². The Balaban J connectivity index is 2.28. The number of rotatable bonds is 3. The molecule has 1 aromatic rings. The summed E-state index contributed by atoms with van der Waals surface area (Å²) in [5.74, 6) is -0.422. The highest BCUT2D eigenvalue weighted by Gasteiger charge is 2.26. The van der Waals surface area contributed by atoms with Crippen molar-refractivity contribution in [3.05, 3.63) is 23.5 Å². The molecule has 0 aliphatic heterocycles. The predicted octanol–water partition coefficient (Wildman–Crippen LogP) is 0.424. The molecule has 3 nitrogen and oxygen atoms in total. The van der Waals surface area contributed by atoms with Crippen molar-refractivity contribution in [3.8, 4) is 0 Å². The van der Waals surface area contributed by atoms with E-state index in [0.717, 1.165) is 11.4 Å². The Labute approximate surface area is 77.0 Å². The Morgan fingerprint density at radius 2 is 2.31 bits per heavy atom. The van der Waals surface area contributed by atoms with Crippen LogP contribution >= 0.6 is 0 Å². The van der Waals surface area contributed by atoms with E-state index in [9.17, 15) is 9.90 Å². The maximum atomic E-state index is 10.5. The third kappa shape index (κ3) is 1.59. The molecule has 2 rings (SSSR count). The second kappa shape index (κ2) is 2.91. The summed E-state index contributed by atoms with van der Waals surface area (Å²) in [4.78, 5) is 10.5. The fraction of sp³-hybridized carbons (Fsp3) is 0.500. The van der Waals surface area contributed by atoms with Crippen molar-refractivity contribution < 1.29 is 9.90 Å². The van der Waals surface area contributed by atoms with Crippen LogP contribution in [0.2, 0.25) is 0 Å². The second-order valence-electron chi connectivity index (χ2n) is 3.63. The molecule has 0 amide bonds. The van der Waals surface area contributed by atoms with Gasteiger partial charge in [-0.1, -0.05) is 0 Å². The minimum Gasteiger partial charge on any atom is -0.548 e. The van der Waals surface area contributed by atoms with Gasteiger partial charge in [0.2, 0.25) is 0 Å². The zero-order valence-corrected chi connectivity index (χ0v) is 7.62. The average molecular weight is 178 g/mol. The van der Waals surface area contributed by atoms with Crippen LogP contribution in [0.3, 0.4) is 0 Å². The number of hydrogen-bond acceptors (Lipinski definition) is 2. The lowest BCUT2D eigenvalue weighted by Gasteiger charge is -2.11. The summed E-state index contributed by atoms with van der Waals surface area (Å²) in [6.45, 7) is 1.92. The molecular weight excluding hydrogens is 166 g/mol. The van der Waals surface area contributed by atoms with Crippen LogP contribution in [0.5, 0.6) is 0 Å². The Kier molecular flexibility index (Phi) is 1.87. The Hall–Kier alpha value is -1.25. The number of nitrogens with zero attached hydrogens (tertiary/aromatic N) is 1. The van der Waals surface area contributed by atoms with E-state index >= 15 is 0 Å². The first-order valence-electron chi connectivity index (χ1n) is 4.54. The fourth-order valence-corrected chi connectivity index (χ4v) is 1.67. The molecule has 70 valence electrons. The Bertz CT molecular complexity index is 337. The van der Waals surface area contributed by atoms with E-state index in [0.29, 0.717) is 5.92 Å². The first-order chi connectivity index (χ1) is 6.18. The molecule has 0 bridgehead atoms. The van der Waals surface area contributed by atoms with Crippen LogP contribution in [-0.2, 0) is 11.3 Å². The smallest absolute Gasteiger partial charge is 0.0621 e. The van der Waals surface area contributed by atoms with Gasteiger partial charge in [0.25, 0.3) is 0 Å². The van der Waals surface area contributed by atoms with Gasteiger partial charge in [-0.05, 0) is 37.8 Å². The molecule has 0 unspecified atom stereocenters. The molecule has 0 saturated heterocycles. The molecule has 0 atom stereocenters. The second-order valence-corrected chi connectivity index (χ2v) is 3.63. The molecule has 0 N–H and O–H groups in total. The van der Waals surface area contributed by atoms with Crippen molar-refractivity contribution in [2.45, 2.75) is 32.2 Å². The number of hydrogen-bond donors (Lipinski definition) is 0. The van der Waals surface area contributed by atoms with Crippen LogP contribution in [0.1, 0.15) is 30.1 Å². The van der Waals surface area contributed by atoms with Gasteiger partial charge in [0.15, 0.2) is 0 Å². The van der Waals surface area contributed by atoms with E-state index in [1.165, 1.54) is 12.8 Å². The number of carboxylic acid groups (broad SMARTS) is 1. The third-order valence-corrected chi connectivity index (χ3v) is 2.52. The number of aryl methyl sites for hydroxylation is 1. The van der Waals surface area contributed by atoms with Gasteiger partial charge >= 0.3 is 0 Å². The third-order valence-electron chi connectivity index (χ3n) is 2.52. The van der Waals surface area contributed by atoms with Crippen molar-refractivity contribution >= 4 is 5.97 Å². The lowest BCUT2D eigenvalue weighted by Crippen LogP contribution is -2.28. The Morgan fingerprint density at radius 3 is 2.85 bits per heavy atom. The van der Waals surface area contributed by atoms with Crippen molar-refractivity contribution in [3.63, 3.8) is 0 Å². The van der Waals surface area contributed by atoms with Crippen LogP contribution in [0.25, 0.3) is 0 Å². The zero-order chi connectivity index (χ0) is 9.42. The number of carbonyl (C=O) groups excluding carboxylic acids is 1. The summed E-state index contributed by atoms with van der Waals surface area (Å²) >= 11 is 0. The van der Waals surface area contributed by atoms with Gasteiger partial charge in [0.1, 0.15) is 0 Å². The van der Waals surface area contributed by atoms with E-state index in [1.807, 2.05) is 23.6 Å². The van der Waals surface area contributed by atoms with E-state index in [1.54, 1.807) is 0 Å². The normalized spacial score (nSPS) is 16.1. The summed E-state index contributed by atoms with van der Waals surface area (Å²) in [5.41, 5.74) is 2.16. The molecule has 0 aromatic carbocycles. The first kappa shape index (κ1) is 8.35. The lowest BCUT2D eigenvalue weighted by atomic mass is 10.3. The highest BCUT2D eigenvalue weighted by Crippen LogP contribution is 2.40. The van der Waals surface area contributed by atoms with Gasteiger partial charge in [-0.2, -0.15) is 0 Å². The zero-order valence-electron chi connectivity index (χ0n) is 7.62. The fourth-order valence-electron chi connectivity index (χ4n) is 1.67. The van der Waals surface area contributed by atoms with Gasteiger partial charge in [-0.25, -0.2) is 0 Å². The van der Waals surface area contributed by atoms with Crippen LogP contribution < -0.4 is 5.11 Å². The minimum atomic E-state index is -1.01. The first-order valence-corrected chi connectivity index (χ1v) is 4.54. The van der Waals surface area contributed by atoms with Crippen molar-refractivity contribution in [2.75, 3.05) is 0 Å². The molecule has 3 heteroatoms. The van der Waals surface area contributed by atoms with Crippen LogP contribution in [0, 0.1) is 6.92 Å². The van der Waals surface area contributed by atoms with Crippen molar-refractivity contribution in [2.24, 2.45) is 0 Å². The minimum absolute atomic E-state index is 0.00926. The monoisotopic (exact) mass is 178 g/mol. The summed E-state index contributed by atoms with van der Waals surface area (Å²) < 4.78 is 1.84. The largest absolute Gasteiger partial charge is 0.548 e. The number of carbonyl (C=O) groups is 1. The van der Waals surface area contributed by atoms with Crippen LogP contribution in [0.15, 0.2) is 12.1 Å². The molecular formula is C10H12NO2-. The summed E-state index contributed by atoms with van der Waals surface area (Å²) in [6, 6.07) is 3.99. The molecule has 0 spiro atoms. The van der Waals surface area contributed by atoms with Gasteiger partial charge in [0, 0.05) is 11.4 Å². The molecule has 1 aliphatic carbocycles. The maximum Gasteiger partial charge on any atom is 0.0621 e. The number of aliphatic carboxylic acids is 1. The molecule has 1 saturated carbocycles. The molecule has 13 heavy (non-hydrogen) atoms. The van der Waals surface area contributed by atoms with E-state index in [4.69, 9.17) is 0 Å². The van der Waals surface area contributed by atoms with E-state index in [2.05, 4.69) is 0 Å². The quantitative estimate of drug-likeness (QED) is 0.673. The average Bonchev–Trinajstić information content (AvgIpc) is 2.81. The van der Waals surface area contributed by atoms with Crippen LogP contribution in [0.4, 0.5) is 0 Å². The van der Waals surface area contributed by atoms with Gasteiger partial charge in [0.05, 0.1) is 12.5 Å². The van der Waals surface area contributed by atoms with Gasteiger partial charge in [-0.15, -0.1) is 0 Å². The van der Waals surface area contributed by atoms with Crippen molar-refractivity contribution in [1.29, 1.82) is 0 Å². The molecule has 1 aromatic heterocycles. The van der Waals surface area contributed by atoms with E-state index in [-0.39, 0.29) is 6.54 Å². The standard InChI is InChI=1S/C10H13NO2/c1-7-2-5-9(8-3-4-8)11(7)6-10(12)13/h2,5,8H,3-4,6H2,1H3,(H,12,13)/p-1. The van der Waals surface area contributed by atoms with Gasteiger partial charge < -0.3 is 14.5 Å². The van der Waals surface area contributed by atoms with Crippen LogP contribution in [-0.4, -0.2) is 10.5 Å². The van der Waals surface area contributed by atoms with Gasteiger partial charge in [-0.3, -0.25) is 0 Å². The maximum absolute atomic E-state index is 10.5. The molecule has 0 radical (unpaired) electrons. The lowest BCUT2D eigenvalue weighted by molar-refractivity contribution is -0.306. The summed E-state index contributed by atoms with van der Waals surface area (Å²) in [6.07, 6.45) is 2.38.